The van der Waals surface area contributed by atoms with Crippen LogP contribution in [0.3, 0.4) is 0 Å². The minimum atomic E-state index is -0.396. The Kier molecular flexibility index (Phi) is 3.85. The summed E-state index contributed by atoms with van der Waals surface area (Å²) in [6, 6.07) is 0. The Morgan fingerprint density at radius 2 is 1.89 bits per heavy atom. The number of hydrogen-bond acceptors (Lipinski definition) is 3. The molecule has 2 rings (SSSR count). The highest BCUT2D eigenvalue weighted by atomic mass is 16.6. The van der Waals surface area contributed by atoms with Crippen molar-refractivity contribution in [3.63, 3.8) is 0 Å². The second-order valence-corrected chi connectivity index (χ2v) is 6.63. The molecule has 0 unspecified atom stereocenters. The lowest BCUT2D eigenvalue weighted by molar-refractivity contribution is 0.0254. The fourth-order valence-electron chi connectivity index (χ4n) is 3.00. The number of carbonyl (C=O) groups excluding carboxylic acids is 1. The summed E-state index contributed by atoms with van der Waals surface area (Å²) >= 11 is 0. The van der Waals surface area contributed by atoms with Gasteiger partial charge in [0.05, 0.1) is 0 Å². The van der Waals surface area contributed by atoms with Crippen molar-refractivity contribution in [2.24, 2.45) is 0 Å². The number of hydrogen-bond donors (Lipinski definition) is 1. The standard InChI is InChI=1S/C14H26N2O2/c1-13(2,3)18-12(17)16-10-5-7-14(8-11-16)6-4-9-15-14/h15H,4-11H2,1-3H3/t14-/m1/s1. The smallest absolute Gasteiger partial charge is 0.410 e. The third kappa shape index (κ3) is 3.37. The molecule has 1 atom stereocenters. The summed E-state index contributed by atoms with van der Waals surface area (Å²) < 4.78 is 5.45. The van der Waals surface area contributed by atoms with Gasteiger partial charge in [0.2, 0.25) is 0 Å². The van der Waals surface area contributed by atoms with Crippen LogP contribution in [-0.2, 0) is 4.74 Å². The minimum Gasteiger partial charge on any atom is -0.444 e. The predicted octanol–water partition coefficient (Wildman–Crippen LogP) is 2.53. The minimum absolute atomic E-state index is 0.155. The van der Waals surface area contributed by atoms with E-state index in [-0.39, 0.29) is 6.09 Å². The van der Waals surface area contributed by atoms with Crippen molar-refractivity contribution in [2.45, 2.75) is 64.0 Å². The number of ether oxygens (including phenoxy) is 1. The summed E-state index contributed by atoms with van der Waals surface area (Å²) in [6.45, 7) is 8.54. The van der Waals surface area contributed by atoms with Crippen molar-refractivity contribution in [3.05, 3.63) is 0 Å². The van der Waals surface area contributed by atoms with E-state index in [9.17, 15) is 4.79 Å². The van der Waals surface area contributed by atoms with Crippen LogP contribution in [0, 0.1) is 0 Å². The maximum atomic E-state index is 12.1. The third-order valence-corrected chi connectivity index (χ3v) is 3.93. The quantitative estimate of drug-likeness (QED) is 0.722. The molecule has 1 spiro atoms. The molecule has 0 bridgehead atoms. The molecule has 2 saturated heterocycles. The van der Waals surface area contributed by atoms with Crippen molar-refractivity contribution in [1.82, 2.24) is 10.2 Å². The molecule has 2 fully saturated rings. The van der Waals surface area contributed by atoms with Crippen LogP contribution in [-0.4, -0.2) is 41.8 Å². The van der Waals surface area contributed by atoms with E-state index >= 15 is 0 Å². The fraction of sp³-hybridized carbons (Fsp3) is 0.929. The van der Waals surface area contributed by atoms with Crippen LogP contribution in [0.15, 0.2) is 0 Å². The van der Waals surface area contributed by atoms with E-state index in [1.54, 1.807) is 0 Å². The largest absolute Gasteiger partial charge is 0.444 e. The van der Waals surface area contributed by atoms with E-state index in [1.165, 1.54) is 19.3 Å². The summed E-state index contributed by atoms with van der Waals surface area (Å²) in [5, 5.41) is 3.64. The molecule has 1 N–H and O–H groups in total. The van der Waals surface area contributed by atoms with E-state index in [0.717, 1.165) is 32.5 Å². The molecule has 2 heterocycles. The Labute approximate surface area is 110 Å². The number of carbonyl (C=O) groups is 1. The second kappa shape index (κ2) is 5.08. The molecule has 104 valence electrons. The van der Waals surface area contributed by atoms with Gasteiger partial charge >= 0.3 is 6.09 Å². The van der Waals surface area contributed by atoms with E-state index in [2.05, 4.69) is 5.32 Å². The van der Waals surface area contributed by atoms with Gasteiger partial charge in [-0.3, -0.25) is 0 Å². The van der Waals surface area contributed by atoms with Crippen LogP contribution in [0.1, 0.15) is 52.9 Å². The van der Waals surface area contributed by atoms with Crippen molar-refractivity contribution in [1.29, 1.82) is 0 Å². The molecule has 0 aromatic heterocycles. The van der Waals surface area contributed by atoms with E-state index < -0.39 is 5.60 Å². The van der Waals surface area contributed by atoms with Gasteiger partial charge in [0, 0.05) is 18.6 Å². The molecule has 0 aromatic rings. The van der Waals surface area contributed by atoms with Crippen molar-refractivity contribution in [2.75, 3.05) is 19.6 Å². The lowest BCUT2D eigenvalue weighted by Crippen LogP contribution is -2.42. The zero-order valence-electron chi connectivity index (χ0n) is 11.9. The average molecular weight is 254 g/mol. The van der Waals surface area contributed by atoms with Gasteiger partial charge in [-0.15, -0.1) is 0 Å². The Balaban J connectivity index is 1.90. The number of nitrogens with one attached hydrogen (secondary N) is 1. The Hall–Kier alpha value is -0.770. The Bertz CT molecular complexity index is 303. The monoisotopic (exact) mass is 254 g/mol. The zero-order valence-corrected chi connectivity index (χ0v) is 11.9. The molecular weight excluding hydrogens is 228 g/mol. The van der Waals surface area contributed by atoms with Crippen LogP contribution in [0.4, 0.5) is 4.79 Å². The first-order valence-corrected chi connectivity index (χ1v) is 7.13. The molecule has 2 aliphatic rings. The molecule has 1 amide bonds. The van der Waals surface area contributed by atoms with Gasteiger partial charge < -0.3 is 15.0 Å². The first-order chi connectivity index (χ1) is 8.40. The van der Waals surface area contributed by atoms with Crippen LogP contribution < -0.4 is 5.32 Å². The Morgan fingerprint density at radius 1 is 1.17 bits per heavy atom. The van der Waals surface area contributed by atoms with E-state index in [1.807, 2.05) is 25.7 Å². The highest BCUT2D eigenvalue weighted by Gasteiger charge is 2.36. The second-order valence-electron chi connectivity index (χ2n) is 6.63. The molecule has 0 saturated carbocycles. The molecule has 2 aliphatic heterocycles. The Morgan fingerprint density at radius 3 is 2.50 bits per heavy atom. The number of amides is 1. The fourth-order valence-corrected chi connectivity index (χ4v) is 3.00. The SMILES string of the molecule is CC(C)(C)OC(=O)N1CCC[C@]2(CCCN2)CC1. The summed E-state index contributed by atoms with van der Waals surface area (Å²) in [5.41, 5.74) is -0.0938. The first-order valence-electron chi connectivity index (χ1n) is 7.13. The summed E-state index contributed by atoms with van der Waals surface area (Å²) in [7, 11) is 0. The molecule has 0 aromatic carbocycles. The van der Waals surface area contributed by atoms with Gasteiger partial charge in [0.15, 0.2) is 0 Å². The third-order valence-electron chi connectivity index (χ3n) is 3.93. The molecule has 18 heavy (non-hydrogen) atoms. The summed E-state index contributed by atoms with van der Waals surface area (Å²) in [5.74, 6) is 0. The normalized spacial score (nSPS) is 29.4. The van der Waals surface area contributed by atoms with Crippen LogP contribution >= 0.6 is 0 Å². The topological polar surface area (TPSA) is 41.6 Å². The van der Waals surface area contributed by atoms with Gasteiger partial charge in [-0.1, -0.05) is 0 Å². The van der Waals surface area contributed by atoms with Gasteiger partial charge in [-0.05, 0) is 59.4 Å². The van der Waals surface area contributed by atoms with Crippen molar-refractivity contribution < 1.29 is 9.53 Å². The summed E-state index contributed by atoms with van der Waals surface area (Å²) in [6.07, 6.45) is 5.70. The van der Waals surface area contributed by atoms with E-state index in [4.69, 9.17) is 4.74 Å². The van der Waals surface area contributed by atoms with Crippen molar-refractivity contribution in [3.8, 4) is 0 Å². The lowest BCUT2D eigenvalue weighted by Gasteiger charge is -2.29. The van der Waals surface area contributed by atoms with Gasteiger partial charge in [0.1, 0.15) is 5.60 Å². The van der Waals surface area contributed by atoms with Gasteiger partial charge in [0.25, 0.3) is 0 Å². The average Bonchev–Trinajstić information content (AvgIpc) is 2.57. The molecular formula is C14H26N2O2. The maximum absolute atomic E-state index is 12.1. The van der Waals surface area contributed by atoms with Gasteiger partial charge in [-0.25, -0.2) is 4.79 Å². The summed E-state index contributed by atoms with van der Waals surface area (Å²) in [4.78, 5) is 13.9. The molecule has 4 nitrogen and oxygen atoms in total. The predicted molar refractivity (Wildman–Crippen MR) is 71.6 cm³/mol. The van der Waals surface area contributed by atoms with Crippen LogP contribution in [0.2, 0.25) is 0 Å². The van der Waals surface area contributed by atoms with Crippen LogP contribution in [0.5, 0.6) is 0 Å². The zero-order chi connectivity index (χ0) is 13.2. The first kappa shape index (κ1) is 13.7. The number of nitrogens with zero attached hydrogens (tertiary/aromatic N) is 1. The van der Waals surface area contributed by atoms with Crippen LogP contribution in [0.25, 0.3) is 0 Å². The number of likely N-dealkylation sites (tertiary alicyclic amines) is 1. The maximum Gasteiger partial charge on any atom is 0.410 e. The number of rotatable bonds is 0. The molecule has 0 radical (unpaired) electrons. The molecule has 0 aliphatic carbocycles. The van der Waals surface area contributed by atoms with E-state index in [0.29, 0.717) is 5.54 Å². The van der Waals surface area contributed by atoms with Crippen molar-refractivity contribution >= 4 is 6.09 Å². The molecule has 4 heteroatoms. The lowest BCUT2D eigenvalue weighted by atomic mass is 9.89. The highest BCUT2D eigenvalue weighted by Crippen LogP contribution is 2.31. The highest BCUT2D eigenvalue weighted by molar-refractivity contribution is 5.68. The van der Waals surface area contributed by atoms with Gasteiger partial charge in [-0.2, -0.15) is 0 Å².